The van der Waals surface area contributed by atoms with Gasteiger partial charge in [0.2, 0.25) is 5.60 Å². The normalized spacial score (nSPS) is 34.9. The van der Waals surface area contributed by atoms with Gasteiger partial charge in [0.1, 0.15) is 42.0 Å². The molecule has 0 aromatic carbocycles. The first-order valence-electron chi connectivity index (χ1n) is 21.4. The number of pyridine rings is 1. The third kappa shape index (κ3) is 9.14. The third-order valence-electron chi connectivity index (χ3n) is 13.0. The van der Waals surface area contributed by atoms with E-state index in [9.17, 15) is 48.3 Å². The topological polar surface area (TPSA) is 279 Å². The smallest absolute Gasteiger partial charge is 0.350 e. The van der Waals surface area contributed by atoms with Crippen LogP contribution in [0.4, 0.5) is 0 Å². The number of hydrogen-bond acceptors (Lipinski definition) is 21. The highest BCUT2D eigenvalue weighted by Crippen LogP contribution is 2.70. The van der Waals surface area contributed by atoms with Crippen LogP contribution in [0.1, 0.15) is 105 Å². The Labute approximate surface area is 386 Å². The fourth-order valence-electron chi connectivity index (χ4n) is 9.86. The lowest BCUT2D eigenvalue weighted by Crippen LogP contribution is -2.89. The van der Waals surface area contributed by atoms with Gasteiger partial charge in [-0.05, 0) is 66.5 Å². The van der Waals surface area contributed by atoms with Crippen LogP contribution in [-0.4, -0.2) is 136 Å². The minimum atomic E-state index is -3.02. The van der Waals surface area contributed by atoms with Gasteiger partial charge >= 0.3 is 53.7 Å². The Hall–Kier alpha value is -6.22. The van der Waals surface area contributed by atoms with Crippen molar-refractivity contribution in [2.45, 2.75) is 155 Å². The highest BCUT2D eigenvalue weighted by Gasteiger charge is 2.92. The summed E-state index contributed by atoms with van der Waals surface area (Å²) in [6, 6.07) is 1.46. The summed E-state index contributed by atoms with van der Waals surface area (Å²) in [5, 5.41) is 13.8. The number of carbonyl (C=O) groups excluding carboxylic acids is 9. The molecule has 0 amide bonds. The van der Waals surface area contributed by atoms with Crippen molar-refractivity contribution in [1.82, 2.24) is 4.98 Å². The van der Waals surface area contributed by atoms with Crippen molar-refractivity contribution in [2.75, 3.05) is 13.2 Å². The van der Waals surface area contributed by atoms with Gasteiger partial charge in [-0.25, -0.2) is 19.2 Å². The fraction of sp³-hybridized carbons (Fsp3) is 0.609. The minimum absolute atomic E-state index is 0.00529. The van der Waals surface area contributed by atoms with Crippen LogP contribution in [0.3, 0.4) is 0 Å². The highest BCUT2D eigenvalue weighted by molar-refractivity contribution is 5.91. The van der Waals surface area contributed by atoms with E-state index in [1.807, 2.05) is 0 Å². The van der Waals surface area contributed by atoms with Crippen LogP contribution in [0.15, 0.2) is 41.8 Å². The predicted molar refractivity (Wildman–Crippen MR) is 224 cm³/mol. The average Bonchev–Trinajstić information content (AvgIpc) is 3.46. The number of aliphatic hydroxyl groups is 1. The van der Waals surface area contributed by atoms with Gasteiger partial charge in [-0.3, -0.25) is 29.0 Å². The number of carbonyl (C=O) groups is 9. The minimum Gasteiger partial charge on any atom is -0.465 e. The number of ether oxygens (including phenoxy) is 10. The van der Waals surface area contributed by atoms with Crippen LogP contribution in [0.2, 0.25) is 0 Å². The zero-order chi connectivity index (χ0) is 50.2. The fourth-order valence-corrected chi connectivity index (χ4v) is 9.86. The van der Waals surface area contributed by atoms with Crippen molar-refractivity contribution >= 4 is 53.7 Å². The second-order valence-electron chi connectivity index (χ2n) is 17.7. The zero-order valence-electron chi connectivity index (χ0n) is 39.4. The lowest BCUT2D eigenvalue weighted by molar-refractivity contribution is -0.387. The lowest BCUT2D eigenvalue weighted by Gasteiger charge is -2.67. The molecule has 2 aliphatic carbocycles. The molecule has 3 heterocycles. The zero-order valence-corrected chi connectivity index (χ0v) is 39.4. The summed E-state index contributed by atoms with van der Waals surface area (Å²) in [7, 11) is 0. The second-order valence-corrected chi connectivity index (χ2v) is 17.7. The first-order valence-corrected chi connectivity index (χ1v) is 21.4. The molecular weight excluding hydrogens is 886 g/mol. The van der Waals surface area contributed by atoms with Gasteiger partial charge in [0.25, 0.3) is 0 Å². The lowest BCUT2D eigenvalue weighted by atomic mass is 9.45. The summed E-state index contributed by atoms with van der Waals surface area (Å²) in [5.74, 6) is -11.5. The van der Waals surface area contributed by atoms with E-state index >= 15 is 0 Å². The maximum absolute atomic E-state index is 15.0. The monoisotopic (exact) mass is 943 g/mol. The van der Waals surface area contributed by atoms with Crippen molar-refractivity contribution < 1.29 is 95.6 Å². The quantitative estimate of drug-likeness (QED) is 0.200. The van der Waals surface area contributed by atoms with E-state index in [-0.39, 0.29) is 35.1 Å². The van der Waals surface area contributed by atoms with Gasteiger partial charge in [0.05, 0.1) is 11.5 Å². The van der Waals surface area contributed by atoms with E-state index in [0.717, 1.165) is 41.5 Å². The molecule has 4 aliphatic rings. The highest BCUT2D eigenvalue weighted by atomic mass is 16.7. The van der Waals surface area contributed by atoms with E-state index in [0.29, 0.717) is 0 Å². The van der Waals surface area contributed by atoms with Gasteiger partial charge in [-0.15, -0.1) is 0 Å². The molecule has 4 bridgehead atoms. The molecule has 3 fully saturated rings. The summed E-state index contributed by atoms with van der Waals surface area (Å²) in [4.78, 5) is 128. The maximum atomic E-state index is 15.0. The molecule has 67 heavy (non-hydrogen) atoms. The standard InChI is InChI=1S/C46H57NO20/c1-13-22(3)38(53)63-32-31-34(60-25(6)49)46-44(12,57)35(33(64-39(54)23(4)14-2)37(62-27(8)51)45(46,21-58-24(5)48)36(32)61-26(7)50)65-41(56)42(10,66-28(9)52)17-15-29-16-18-47-19-30(29)40(55)59-20-43(31,11)67-46/h13-14,16,18-19,31-37,57H,15,17,20-21H2,1-12H3/b22-13+,23-14+/t31-,32-,33+,34-,35+,36-,37+,42-,43+,44+,45-,46+/m1/s1. The molecule has 5 rings (SSSR count). The van der Waals surface area contributed by atoms with Crippen molar-refractivity contribution in [2.24, 2.45) is 11.3 Å². The number of cyclic esters (lactones) is 1. The molecule has 2 aliphatic heterocycles. The number of esters is 9. The van der Waals surface area contributed by atoms with Crippen LogP contribution in [0.25, 0.3) is 0 Å². The van der Waals surface area contributed by atoms with E-state index in [1.165, 1.54) is 72.2 Å². The molecule has 1 saturated heterocycles. The van der Waals surface area contributed by atoms with Crippen LogP contribution in [-0.2, 0) is 92.1 Å². The molecule has 1 spiro atoms. The van der Waals surface area contributed by atoms with Gasteiger partial charge in [-0.1, -0.05) is 12.2 Å². The van der Waals surface area contributed by atoms with Crippen LogP contribution >= 0.6 is 0 Å². The Morgan fingerprint density at radius 2 is 1.30 bits per heavy atom. The number of nitrogens with zero attached hydrogens (tertiary/aromatic N) is 1. The van der Waals surface area contributed by atoms with E-state index < -0.39 is 137 Å². The van der Waals surface area contributed by atoms with Crippen LogP contribution in [0, 0.1) is 11.3 Å². The summed E-state index contributed by atoms with van der Waals surface area (Å²) in [6.45, 7) is 12.2. The second kappa shape index (κ2) is 19.2. The molecule has 21 heteroatoms. The summed E-state index contributed by atoms with van der Waals surface area (Å²) in [6.07, 6.45) is -8.22. The Morgan fingerprint density at radius 3 is 1.82 bits per heavy atom. The number of allylic oxidation sites excluding steroid dienone is 2. The van der Waals surface area contributed by atoms with Crippen LogP contribution < -0.4 is 0 Å². The molecular formula is C46H57NO20. The molecule has 1 aromatic heterocycles. The Kier molecular flexibility index (Phi) is 14.8. The summed E-state index contributed by atoms with van der Waals surface area (Å²) in [5.41, 5.74) is -13.1. The number of rotatable bonds is 10. The van der Waals surface area contributed by atoms with Gasteiger partial charge < -0.3 is 52.5 Å². The van der Waals surface area contributed by atoms with Crippen LogP contribution in [0.5, 0.6) is 0 Å². The summed E-state index contributed by atoms with van der Waals surface area (Å²) >= 11 is 0. The molecule has 1 aromatic rings. The Morgan fingerprint density at radius 1 is 0.761 bits per heavy atom. The summed E-state index contributed by atoms with van der Waals surface area (Å²) < 4.78 is 61.5. The Bertz CT molecular complexity index is 2280. The van der Waals surface area contributed by atoms with E-state index in [2.05, 4.69) is 4.98 Å². The van der Waals surface area contributed by atoms with E-state index in [4.69, 9.17) is 47.4 Å². The Balaban J connectivity index is 2.07. The number of hydrogen-bond donors (Lipinski definition) is 1. The largest absolute Gasteiger partial charge is 0.465 e. The first kappa shape index (κ1) is 51.8. The number of fused-ring (bicyclic) bond motifs is 5. The first-order chi connectivity index (χ1) is 31.2. The van der Waals surface area contributed by atoms with Gasteiger partial charge in [0.15, 0.2) is 30.0 Å². The van der Waals surface area contributed by atoms with Crippen molar-refractivity contribution in [3.05, 3.63) is 52.9 Å². The molecule has 2 saturated carbocycles. The molecule has 366 valence electrons. The van der Waals surface area contributed by atoms with Crippen molar-refractivity contribution in [1.29, 1.82) is 0 Å². The van der Waals surface area contributed by atoms with Gasteiger partial charge in [-0.2, -0.15) is 0 Å². The molecule has 0 radical (unpaired) electrons. The van der Waals surface area contributed by atoms with Gasteiger partial charge in [0, 0.05) is 64.6 Å². The van der Waals surface area contributed by atoms with Crippen molar-refractivity contribution in [3.63, 3.8) is 0 Å². The molecule has 1 N–H and O–H groups in total. The van der Waals surface area contributed by atoms with E-state index in [1.54, 1.807) is 0 Å². The molecule has 21 nitrogen and oxygen atoms in total. The number of aromatic nitrogens is 1. The maximum Gasteiger partial charge on any atom is 0.350 e. The molecule has 12 atom stereocenters. The SMILES string of the molecule is C/C=C(\C)C(=O)O[C@@H]1[C@@H]2[C@@H](OC(C)=O)[C@@]34O[C@@]2(C)COC(=O)c2cnccc2CC[C@@](C)(OC(C)=O)C(=O)O[C@@H]([C@H](OC(=O)/C(C)=C/C)[C@H](OC(C)=O)[C@@]3(COC(C)=O)[C@@H]1OC(C)=O)[C@]4(C)O. The molecule has 0 unspecified atom stereocenters. The third-order valence-corrected chi connectivity index (χ3v) is 13.0. The number of aryl methyl sites for hydroxylation is 1. The average molecular weight is 944 g/mol. The van der Waals surface area contributed by atoms with Crippen molar-refractivity contribution in [3.8, 4) is 0 Å². The predicted octanol–water partition coefficient (Wildman–Crippen LogP) is 2.44.